The van der Waals surface area contributed by atoms with Crippen molar-refractivity contribution in [2.75, 3.05) is 216 Å². The summed E-state index contributed by atoms with van der Waals surface area (Å²) in [4.78, 5) is 22.7. The van der Waals surface area contributed by atoms with Crippen LogP contribution in [0.3, 0.4) is 0 Å². The number of nitrogens with one attached hydrogen (secondary N) is 3. The van der Waals surface area contributed by atoms with Crippen LogP contribution in [0.2, 0.25) is 0 Å². The molecule has 0 radical (unpaired) electrons. The molecule has 10 rings (SSSR count). The largest absolute Gasteiger partial charge is 0.380 e. The van der Waals surface area contributed by atoms with Crippen LogP contribution in [0.4, 0.5) is 5.69 Å². The van der Waals surface area contributed by atoms with Crippen LogP contribution in [0.15, 0.2) is 72.8 Å². The van der Waals surface area contributed by atoms with Gasteiger partial charge in [-0.05, 0) is 357 Å². The highest BCUT2D eigenvalue weighted by atomic mass is 16.5. The summed E-state index contributed by atoms with van der Waals surface area (Å²) in [5.41, 5.74) is 11.0. The average Bonchev–Trinajstić information content (AvgIpc) is 1.83. The number of hydrogen-bond donors (Lipinski definition) is 3. The van der Waals surface area contributed by atoms with E-state index in [0.29, 0.717) is 39.2 Å². The monoisotopic (exact) mass is 2040 g/mol. The molecule has 7 fully saturated rings. The molecule has 17 heteroatoms. The Labute approximate surface area is 905 Å². The standard InChI is InChI=1S/C17H36N2O2.C16H34N2O2.2C13H21N.C13H26O.C13H26.C11H24N2.C11H17N.C10H21N.C9H20N2.C2H6/c1-16(2,3)15-20-13-11-18-7-9-19(10-8-18)12-14-21-17(4,5)6;1-15(2,3)19-13-11-17-7-9-18(10-8-17)12-14-20-16(4,5)6;2*1-10-6-8-12(9-7-10)11(2)14-13(3,4)5;1-12(2,3)8-10-7-11(10)9-14-13(4,5)6;1-12(2,3)8-10-7-11(10)9-13(4,5)6;1-11(2,3)10-13-7-5-6-12(4)8-9-13;1-9-5-7-10(8-6-9)12-11(2,3)4;1-9-5-6-11(7-9)8-10(2,3)4;1-4-10-5-7-11(8-6-10)9(2)3;1-2/h7-15H2,1-6H3;7-14H2,1-6H3;2*6-9,11,14H,1-5H3;10-11H,7-9H2,1-6H3;10-11H,7-9H2,1-6H3;5-10H2,1-4H3;5-8,12H,1-4H3;9H,5-8H2,1-4H3;9H,4-8H2,1-3H3;1-2H3/t;;2*11-;;;;;;;/m..10......./s1. The number of benzene rings is 3. The van der Waals surface area contributed by atoms with Crippen molar-refractivity contribution < 1.29 is 23.7 Å². The first kappa shape index (κ1) is 142. The molecule has 0 spiro atoms. The zero-order valence-electron chi connectivity index (χ0n) is 106. The molecule has 5 unspecified atom stereocenters. The molecule has 5 aliphatic heterocycles. The minimum atomic E-state index is -0.0217. The van der Waals surface area contributed by atoms with E-state index in [4.69, 9.17) is 23.7 Å². The topological polar surface area (TPSA) is 111 Å². The van der Waals surface area contributed by atoms with Crippen molar-refractivity contribution in [3.63, 3.8) is 0 Å². The Morgan fingerprint density at radius 2 is 0.648 bits per heavy atom. The Morgan fingerprint density at radius 1 is 0.331 bits per heavy atom. The van der Waals surface area contributed by atoms with Crippen molar-refractivity contribution in [3.8, 4) is 0 Å². The molecule has 3 aromatic carbocycles. The molecule has 0 aromatic heterocycles. The van der Waals surface area contributed by atoms with Gasteiger partial charge in [-0.15, -0.1) is 0 Å². The molecule has 5 saturated heterocycles. The first-order chi connectivity index (χ1) is 66.1. The van der Waals surface area contributed by atoms with Crippen molar-refractivity contribution in [2.45, 2.75) is 448 Å². The second-order valence-corrected chi connectivity index (χ2v) is 58.6. The summed E-state index contributed by atoms with van der Waals surface area (Å²) < 4.78 is 28.9. The SMILES string of the molecule is CC.CC(C)(C)CC1CC1CC(C)(C)C.CC(C)(C)CC1CC1COC(C)(C)C.CC(C)(C)COCCN1CCN(CCOC(C)(C)C)CC1.CC(C)(C)OCCN1CCN(CCOC(C)(C)C)CC1.CC1CCN(CC(C)(C)C)C1.CCN1CCN(C(C)C)CC1.CN1CCCN(CC(C)(C)C)CC1.Cc1ccc(NC(C)(C)C)cc1.Cc1ccc([C@@H](C)NC(C)(C)C)cc1.Cc1ccc([C@H](C)NC(C)(C)C)cc1. The van der Waals surface area contributed by atoms with Crippen LogP contribution in [-0.4, -0.2) is 299 Å². The van der Waals surface area contributed by atoms with E-state index < -0.39 is 0 Å². The number of anilines is 1. The Balaban J connectivity index is 0.00000160. The second kappa shape index (κ2) is 67.6. The van der Waals surface area contributed by atoms with Gasteiger partial charge >= 0.3 is 0 Å². The van der Waals surface area contributed by atoms with Gasteiger partial charge in [-0.25, -0.2) is 0 Å². The summed E-state index contributed by atoms with van der Waals surface area (Å²) in [5, 5.41) is 10.5. The quantitative estimate of drug-likeness (QED) is 0.0629. The molecule has 5 heterocycles. The molecule has 854 valence electrons. The molecule has 3 aromatic rings. The third-order valence-corrected chi connectivity index (χ3v) is 25.7. The van der Waals surface area contributed by atoms with Gasteiger partial charge in [-0.2, -0.15) is 0 Å². The minimum absolute atomic E-state index is 0.0216. The fraction of sp³-hybridized carbons (Fsp3) is 0.859. The second-order valence-electron chi connectivity index (χ2n) is 58.6. The minimum Gasteiger partial charge on any atom is -0.380 e. The fourth-order valence-corrected chi connectivity index (χ4v) is 18.4. The van der Waals surface area contributed by atoms with Gasteiger partial charge in [0.25, 0.3) is 0 Å². The number of likely N-dealkylation sites (N-methyl/N-ethyl adjacent to an activating group) is 2. The van der Waals surface area contributed by atoms with E-state index >= 15 is 0 Å². The number of nitrogens with zero attached hydrogens (tertiary/aromatic N) is 9. The van der Waals surface area contributed by atoms with Crippen molar-refractivity contribution in [1.29, 1.82) is 0 Å². The highest BCUT2D eigenvalue weighted by Gasteiger charge is 2.42. The number of piperazine rings is 3. The molecule has 0 amide bonds. The van der Waals surface area contributed by atoms with Gasteiger partial charge < -0.3 is 59.2 Å². The molecule has 7 atom stereocenters. The Morgan fingerprint density at radius 3 is 0.945 bits per heavy atom. The predicted molar refractivity (Wildman–Crippen MR) is 642 cm³/mol. The lowest BCUT2D eigenvalue weighted by Crippen LogP contribution is -2.48. The van der Waals surface area contributed by atoms with Crippen LogP contribution in [0.5, 0.6) is 0 Å². The molecule has 3 N–H and O–H groups in total. The lowest BCUT2D eigenvalue weighted by Gasteiger charge is -2.36. The summed E-state index contributed by atoms with van der Waals surface area (Å²) in [6.45, 7) is 146. The Kier molecular flexibility index (Phi) is 66.1. The van der Waals surface area contributed by atoms with Gasteiger partial charge in [-0.1, -0.05) is 230 Å². The fourth-order valence-electron chi connectivity index (χ4n) is 18.4. The summed E-state index contributed by atoms with van der Waals surface area (Å²) in [5.74, 6) is 4.78. The van der Waals surface area contributed by atoms with Crippen LogP contribution in [-0.2, 0) is 23.7 Å². The smallest absolute Gasteiger partial charge is 0.0600 e. The molecular weight excluding hydrogens is 1790 g/mol. The summed E-state index contributed by atoms with van der Waals surface area (Å²) in [6, 6.07) is 27.4. The predicted octanol–water partition coefficient (Wildman–Crippen LogP) is 29.3. The first-order valence-corrected chi connectivity index (χ1v) is 58.2. The lowest BCUT2D eigenvalue weighted by molar-refractivity contribution is -0.0280. The number of hydrogen-bond acceptors (Lipinski definition) is 17. The number of aryl methyl sites for hydroxylation is 3. The maximum atomic E-state index is 5.80. The molecular formula is C128H252N12O5. The molecule has 7 aliphatic rings. The van der Waals surface area contributed by atoms with Gasteiger partial charge in [0.05, 0.1) is 62.0 Å². The third kappa shape index (κ3) is 85.8. The zero-order valence-corrected chi connectivity index (χ0v) is 106. The average molecular weight is 2040 g/mol. The van der Waals surface area contributed by atoms with Crippen LogP contribution in [0.1, 0.15) is 410 Å². The van der Waals surface area contributed by atoms with E-state index in [9.17, 15) is 0 Å². The zero-order chi connectivity index (χ0) is 112. The Hall–Kier alpha value is -3.18. The molecule has 0 bridgehead atoms. The molecule has 2 aliphatic carbocycles. The van der Waals surface area contributed by atoms with Gasteiger partial charge in [0, 0.05) is 178 Å². The third-order valence-electron chi connectivity index (χ3n) is 25.7. The normalized spacial score (nSPS) is 20.4. The summed E-state index contributed by atoms with van der Waals surface area (Å²) >= 11 is 0. The molecule has 17 nitrogen and oxygen atoms in total. The van der Waals surface area contributed by atoms with Gasteiger partial charge in [0.15, 0.2) is 0 Å². The van der Waals surface area contributed by atoms with Crippen molar-refractivity contribution >= 4 is 5.69 Å². The van der Waals surface area contributed by atoms with Gasteiger partial charge in [0.2, 0.25) is 0 Å². The maximum absolute atomic E-state index is 5.80. The number of likely N-dealkylation sites (tertiary alicyclic amines) is 1. The number of rotatable bonds is 27. The van der Waals surface area contributed by atoms with Crippen LogP contribution in [0, 0.1) is 82.9 Å². The van der Waals surface area contributed by atoms with Gasteiger partial charge in [-0.3, -0.25) is 24.5 Å². The van der Waals surface area contributed by atoms with Crippen LogP contribution >= 0.6 is 0 Å². The van der Waals surface area contributed by atoms with E-state index in [0.717, 1.165) is 154 Å². The lowest BCUT2D eigenvalue weighted by atomic mass is 9.85. The van der Waals surface area contributed by atoms with Crippen molar-refractivity contribution in [1.82, 2.24) is 54.7 Å². The summed E-state index contributed by atoms with van der Waals surface area (Å²) in [6.07, 6.45) is 9.80. The first-order valence-electron chi connectivity index (χ1n) is 58.2. The van der Waals surface area contributed by atoms with Crippen LogP contribution < -0.4 is 16.0 Å². The highest BCUT2D eigenvalue weighted by Crippen LogP contribution is 2.51. The molecule has 2 saturated carbocycles. The highest BCUT2D eigenvalue weighted by molar-refractivity contribution is 5.46. The van der Waals surface area contributed by atoms with E-state index in [1.165, 1.54) is 164 Å². The van der Waals surface area contributed by atoms with E-state index in [2.05, 4.69) is 472 Å². The van der Waals surface area contributed by atoms with Crippen molar-refractivity contribution in [2.24, 2.45) is 62.1 Å². The van der Waals surface area contributed by atoms with Gasteiger partial charge in [0.1, 0.15) is 0 Å². The van der Waals surface area contributed by atoms with E-state index in [1.807, 2.05) is 13.8 Å². The molecule has 145 heavy (non-hydrogen) atoms. The summed E-state index contributed by atoms with van der Waals surface area (Å²) in [7, 11) is 2.22. The van der Waals surface area contributed by atoms with E-state index in [-0.39, 0.29) is 44.4 Å². The van der Waals surface area contributed by atoms with Crippen LogP contribution in [0.25, 0.3) is 0 Å². The van der Waals surface area contributed by atoms with E-state index in [1.54, 1.807) is 0 Å². The Bertz CT molecular complexity index is 3530. The van der Waals surface area contributed by atoms with Crippen molar-refractivity contribution in [3.05, 3.63) is 101 Å². The number of ether oxygens (including phenoxy) is 5. The maximum Gasteiger partial charge on any atom is 0.0600 e.